The maximum atomic E-state index is 13.3. The minimum Gasteiger partial charge on any atom is -0.307 e. The number of benzene rings is 2. The van der Waals surface area contributed by atoms with E-state index in [1.54, 1.807) is 62.4 Å². The van der Waals surface area contributed by atoms with Crippen LogP contribution in [0.3, 0.4) is 0 Å². The molecule has 0 fully saturated rings. The highest BCUT2D eigenvalue weighted by Crippen LogP contribution is 2.59. The second-order valence-corrected chi connectivity index (χ2v) is 7.59. The van der Waals surface area contributed by atoms with Crippen LogP contribution in [0.15, 0.2) is 54.6 Å². The largest absolute Gasteiger partial charge is 0.353 e. The van der Waals surface area contributed by atoms with E-state index in [0.717, 1.165) is 0 Å². The molecule has 1 atom stereocenters. The number of amides is 1. The Morgan fingerprint density at radius 2 is 1.67 bits per heavy atom. The number of hydrogen-bond donors (Lipinski definition) is 2. The van der Waals surface area contributed by atoms with Crippen molar-refractivity contribution < 1.29 is 18.4 Å². The van der Waals surface area contributed by atoms with Gasteiger partial charge in [0.05, 0.1) is 24.8 Å². The molecule has 2 rings (SSSR count). The van der Waals surface area contributed by atoms with Crippen LogP contribution < -0.4 is 10.9 Å². The molecule has 27 heavy (non-hydrogen) atoms. The van der Waals surface area contributed by atoms with E-state index in [1.165, 1.54) is 0 Å². The van der Waals surface area contributed by atoms with Crippen molar-refractivity contribution in [1.29, 1.82) is 5.26 Å². The topological polar surface area (TPSA) is 100 Å². The van der Waals surface area contributed by atoms with Crippen LogP contribution in [-0.2, 0) is 13.6 Å². The van der Waals surface area contributed by atoms with E-state index >= 15 is 0 Å². The quantitative estimate of drug-likeness (QED) is 0.502. The van der Waals surface area contributed by atoms with Crippen molar-refractivity contribution in [1.82, 2.24) is 10.9 Å². The molecule has 0 heterocycles. The van der Waals surface area contributed by atoms with Gasteiger partial charge in [0.25, 0.3) is 5.91 Å². The van der Waals surface area contributed by atoms with Crippen LogP contribution in [0.4, 0.5) is 0 Å². The first-order valence-electron chi connectivity index (χ1n) is 8.53. The van der Waals surface area contributed by atoms with Gasteiger partial charge in [-0.1, -0.05) is 30.3 Å². The van der Waals surface area contributed by atoms with Gasteiger partial charge in [0.2, 0.25) is 0 Å². The molecule has 0 bridgehead atoms. The minimum absolute atomic E-state index is 0.179. The first kappa shape index (κ1) is 20.8. The molecule has 1 unspecified atom stereocenters. The van der Waals surface area contributed by atoms with E-state index in [1.807, 2.05) is 12.1 Å². The number of nitrogens with one attached hydrogen (secondary N) is 2. The highest BCUT2D eigenvalue weighted by Gasteiger charge is 2.37. The zero-order chi connectivity index (χ0) is 19.7. The van der Waals surface area contributed by atoms with E-state index < -0.39 is 13.4 Å². The number of nitrogens with zero attached hydrogens (tertiary/aromatic N) is 1. The summed E-state index contributed by atoms with van der Waals surface area (Å²) in [5.74, 6) is -1.31. The Kier molecular flexibility index (Phi) is 7.71. The molecule has 0 spiro atoms. The van der Waals surface area contributed by atoms with Gasteiger partial charge in [-0.3, -0.25) is 14.8 Å². The Morgan fingerprint density at radius 3 is 2.19 bits per heavy atom. The van der Waals surface area contributed by atoms with Gasteiger partial charge in [-0.15, -0.1) is 0 Å². The molecule has 0 aromatic heterocycles. The lowest BCUT2D eigenvalue weighted by molar-refractivity contribution is 0.0927. The van der Waals surface area contributed by atoms with Crippen LogP contribution in [0.25, 0.3) is 0 Å². The Morgan fingerprint density at radius 1 is 1.07 bits per heavy atom. The molecule has 0 aliphatic heterocycles. The van der Waals surface area contributed by atoms with E-state index in [9.17, 15) is 9.36 Å². The summed E-state index contributed by atoms with van der Waals surface area (Å²) < 4.78 is 24.2. The van der Waals surface area contributed by atoms with Crippen molar-refractivity contribution >= 4 is 13.5 Å². The molecule has 0 saturated heterocycles. The molecule has 142 valence electrons. The van der Waals surface area contributed by atoms with Crippen molar-refractivity contribution in [2.75, 3.05) is 13.2 Å². The standard InChI is InChI=1S/C19H22N3O4P/c1-3-25-27(24,26-4-2)19(17-12-10-15(14-20)11-13-17)22-21-18(23)16-8-6-5-7-9-16/h5-13,19,22H,3-4H2,1-2H3,(H,21,23). The van der Waals surface area contributed by atoms with E-state index in [2.05, 4.69) is 10.9 Å². The fourth-order valence-electron chi connectivity index (χ4n) is 2.43. The molecule has 2 N–H and O–H groups in total. The van der Waals surface area contributed by atoms with Crippen molar-refractivity contribution in [2.24, 2.45) is 0 Å². The average Bonchev–Trinajstić information content (AvgIpc) is 2.69. The summed E-state index contributed by atoms with van der Waals surface area (Å²) >= 11 is 0. The van der Waals surface area contributed by atoms with Crippen LogP contribution in [0, 0.1) is 11.3 Å². The monoisotopic (exact) mass is 387 g/mol. The SMILES string of the molecule is CCOP(=O)(OCC)C(NNC(=O)c1ccccc1)c1ccc(C#N)cc1. The zero-order valence-corrected chi connectivity index (χ0v) is 16.1. The fourth-order valence-corrected chi connectivity index (χ4v) is 4.28. The van der Waals surface area contributed by atoms with Crippen LogP contribution in [0.5, 0.6) is 0 Å². The first-order valence-corrected chi connectivity index (χ1v) is 10.1. The van der Waals surface area contributed by atoms with Crippen molar-refractivity contribution in [3.8, 4) is 6.07 Å². The molecule has 0 radical (unpaired) electrons. The summed E-state index contributed by atoms with van der Waals surface area (Å²) in [4.78, 5) is 12.3. The maximum Gasteiger partial charge on any atom is 0.353 e. The van der Waals surface area contributed by atoms with Crippen LogP contribution in [-0.4, -0.2) is 19.1 Å². The third-order valence-electron chi connectivity index (χ3n) is 3.65. The first-order chi connectivity index (χ1) is 13.0. The Hall–Kier alpha value is -2.49. The lowest BCUT2D eigenvalue weighted by atomic mass is 10.1. The molecule has 7 nitrogen and oxygen atoms in total. The molecule has 2 aromatic carbocycles. The smallest absolute Gasteiger partial charge is 0.307 e. The fraction of sp³-hybridized carbons (Fsp3) is 0.263. The van der Waals surface area contributed by atoms with Crippen LogP contribution in [0.1, 0.15) is 41.1 Å². The molecule has 2 aromatic rings. The van der Waals surface area contributed by atoms with Gasteiger partial charge in [-0.2, -0.15) is 5.26 Å². The predicted molar refractivity (Wildman–Crippen MR) is 102 cm³/mol. The number of nitriles is 1. The van der Waals surface area contributed by atoms with Gasteiger partial charge in [0, 0.05) is 5.56 Å². The van der Waals surface area contributed by atoms with Gasteiger partial charge >= 0.3 is 7.60 Å². The Balaban J connectivity index is 2.29. The summed E-state index contributed by atoms with van der Waals surface area (Å²) in [6.45, 7) is 3.78. The molecule has 0 saturated carbocycles. The molecule has 0 aliphatic carbocycles. The zero-order valence-electron chi connectivity index (χ0n) is 15.2. The summed E-state index contributed by atoms with van der Waals surface area (Å²) in [7, 11) is -3.63. The molecule has 8 heteroatoms. The summed E-state index contributed by atoms with van der Waals surface area (Å²) in [5.41, 5.74) is 6.83. The van der Waals surface area contributed by atoms with Gasteiger partial charge < -0.3 is 9.05 Å². The Labute approximate surface area is 158 Å². The highest BCUT2D eigenvalue weighted by atomic mass is 31.2. The van der Waals surface area contributed by atoms with Gasteiger partial charge in [-0.25, -0.2) is 5.43 Å². The number of hydrazine groups is 1. The number of carbonyl (C=O) groups excluding carboxylic acids is 1. The predicted octanol–water partition coefficient (Wildman–Crippen LogP) is 3.76. The normalized spacial score (nSPS) is 12.2. The van der Waals surface area contributed by atoms with Crippen molar-refractivity contribution in [3.63, 3.8) is 0 Å². The summed E-state index contributed by atoms with van der Waals surface area (Å²) in [5, 5.41) is 8.97. The molecule has 0 aliphatic rings. The molecule has 1 amide bonds. The third-order valence-corrected chi connectivity index (χ3v) is 5.94. The van der Waals surface area contributed by atoms with Crippen molar-refractivity contribution in [3.05, 3.63) is 71.3 Å². The minimum atomic E-state index is -3.63. The van der Waals surface area contributed by atoms with Gasteiger partial charge in [0.15, 0.2) is 5.78 Å². The van der Waals surface area contributed by atoms with Gasteiger partial charge in [0.1, 0.15) is 0 Å². The second-order valence-electron chi connectivity index (χ2n) is 5.48. The Bertz CT molecular complexity index is 824. The lowest BCUT2D eigenvalue weighted by Gasteiger charge is -2.27. The number of rotatable bonds is 9. The third kappa shape index (κ3) is 5.49. The summed E-state index contributed by atoms with van der Waals surface area (Å²) in [6.07, 6.45) is 0. The van der Waals surface area contributed by atoms with E-state index in [4.69, 9.17) is 14.3 Å². The average molecular weight is 387 g/mol. The van der Waals surface area contributed by atoms with Crippen LogP contribution in [0.2, 0.25) is 0 Å². The maximum absolute atomic E-state index is 13.3. The number of hydrogen-bond acceptors (Lipinski definition) is 6. The second kappa shape index (κ2) is 10.0. The van der Waals surface area contributed by atoms with Crippen molar-refractivity contribution in [2.45, 2.75) is 19.6 Å². The summed E-state index contributed by atoms with van der Waals surface area (Å²) in [6, 6.07) is 17.2. The van der Waals surface area contributed by atoms with Crippen LogP contribution >= 0.6 is 7.60 Å². The molecular formula is C19H22N3O4P. The van der Waals surface area contributed by atoms with E-state index in [0.29, 0.717) is 16.7 Å². The lowest BCUT2D eigenvalue weighted by Crippen LogP contribution is -2.40. The van der Waals surface area contributed by atoms with E-state index in [-0.39, 0.29) is 19.1 Å². The molecular weight excluding hydrogens is 365 g/mol. The number of carbonyl (C=O) groups is 1. The van der Waals surface area contributed by atoms with Gasteiger partial charge in [-0.05, 0) is 43.7 Å². The highest BCUT2D eigenvalue weighted by molar-refractivity contribution is 7.54.